The summed E-state index contributed by atoms with van der Waals surface area (Å²) in [6.45, 7) is -3.00. The molecule has 4 rings (SSSR count). The number of hydrogen-bond acceptors (Lipinski definition) is 6. The fourth-order valence-electron chi connectivity index (χ4n) is 2.89. The van der Waals surface area contributed by atoms with E-state index in [1.54, 1.807) is 18.3 Å². The number of ether oxygens (including phenoxy) is 1. The van der Waals surface area contributed by atoms with E-state index in [0.29, 0.717) is 27.4 Å². The summed E-state index contributed by atoms with van der Waals surface area (Å²) in [6, 6.07) is 6.98. The van der Waals surface area contributed by atoms with Gasteiger partial charge in [-0.05, 0) is 30.3 Å². The highest BCUT2D eigenvalue weighted by molar-refractivity contribution is 6.30. The highest BCUT2D eigenvalue weighted by atomic mass is 35.5. The summed E-state index contributed by atoms with van der Waals surface area (Å²) in [5.74, 6) is -0.520. The van der Waals surface area contributed by atoms with Gasteiger partial charge in [0.1, 0.15) is 23.1 Å². The number of carbonyl (C=O) groups is 1. The maximum Gasteiger partial charge on any atom is 0.387 e. The second-order valence-electron chi connectivity index (χ2n) is 5.84. The normalized spacial score (nSPS) is 16.1. The Balaban J connectivity index is 1.61. The first-order valence-corrected chi connectivity index (χ1v) is 8.49. The Labute approximate surface area is 162 Å². The van der Waals surface area contributed by atoms with Crippen molar-refractivity contribution in [2.45, 2.75) is 12.7 Å². The predicted octanol–water partition coefficient (Wildman–Crippen LogP) is 3.50. The van der Waals surface area contributed by atoms with Gasteiger partial charge in [-0.1, -0.05) is 11.6 Å². The first-order valence-electron chi connectivity index (χ1n) is 8.12. The van der Waals surface area contributed by atoms with Crippen molar-refractivity contribution in [1.82, 2.24) is 21.2 Å². The zero-order chi connectivity index (χ0) is 19.7. The molecule has 1 aliphatic heterocycles. The van der Waals surface area contributed by atoms with Gasteiger partial charge >= 0.3 is 6.61 Å². The van der Waals surface area contributed by atoms with E-state index < -0.39 is 18.6 Å². The number of hydrazine groups is 1. The van der Waals surface area contributed by atoms with E-state index in [2.05, 4.69) is 25.9 Å². The van der Waals surface area contributed by atoms with Crippen LogP contribution in [0.5, 0.6) is 5.75 Å². The third kappa shape index (κ3) is 3.49. The van der Waals surface area contributed by atoms with E-state index in [-0.39, 0.29) is 11.3 Å². The summed E-state index contributed by atoms with van der Waals surface area (Å²) in [7, 11) is 0. The first-order chi connectivity index (χ1) is 13.5. The Bertz CT molecular complexity index is 1070. The maximum absolute atomic E-state index is 12.7. The summed E-state index contributed by atoms with van der Waals surface area (Å²) < 4.78 is 35.4. The van der Waals surface area contributed by atoms with Crippen molar-refractivity contribution in [2.75, 3.05) is 0 Å². The Kier molecular flexibility index (Phi) is 4.84. The lowest BCUT2D eigenvalue weighted by molar-refractivity contribution is -0.0506. The molecule has 0 radical (unpaired) electrons. The minimum atomic E-state index is -3.00. The average Bonchev–Trinajstić information content (AvgIpc) is 3.29. The maximum atomic E-state index is 12.7. The third-order valence-corrected chi connectivity index (χ3v) is 4.33. The number of carbonyl (C=O) groups excluding carboxylic acids is 1. The van der Waals surface area contributed by atoms with Crippen molar-refractivity contribution >= 4 is 28.6 Å². The Morgan fingerprint density at radius 1 is 1.36 bits per heavy atom. The first kappa shape index (κ1) is 18.2. The fraction of sp³-hybridized carbons (Fsp3) is 0.111. The van der Waals surface area contributed by atoms with Gasteiger partial charge in [-0.3, -0.25) is 9.78 Å². The largest absolute Gasteiger partial charge is 0.462 e. The Morgan fingerprint density at radius 2 is 2.21 bits per heavy atom. The van der Waals surface area contributed by atoms with Crippen molar-refractivity contribution < 1.29 is 22.7 Å². The van der Waals surface area contributed by atoms with Gasteiger partial charge < -0.3 is 19.9 Å². The van der Waals surface area contributed by atoms with E-state index in [1.807, 2.05) is 0 Å². The quantitative estimate of drug-likeness (QED) is 0.601. The Hall–Kier alpha value is -3.17. The number of amides is 1. The molecule has 0 spiro atoms. The van der Waals surface area contributed by atoms with Crippen LogP contribution in [0.2, 0.25) is 5.02 Å². The van der Waals surface area contributed by atoms with Crippen molar-refractivity contribution in [2.24, 2.45) is 0 Å². The lowest BCUT2D eigenvalue weighted by Crippen LogP contribution is -2.31. The molecule has 0 bridgehead atoms. The van der Waals surface area contributed by atoms with E-state index in [4.69, 9.17) is 16.0 Å². The van der Waals surface area contributed by atoms with Crippen molar-refractivity contribution in [1.29, 1.82) is 0 Å². The van der Waals surface area contributed by atoms with E-state index >= 15 is 0 Å². The predicted molar refractivity (Wildman–Crippen MR) is 96.7 cm³/mol. The molecular weight excluding hydrogens is 394 g/mol. The zero-order valence-electron chi connectivity index (χ0n) is 14.1. The lowest BCUT2D eigenvalue weighted by atomic mass is 10.0. The molecule has 0 aliphatic carbocycles. The number of alkyl halides is 2. The molecule has 3 aromatic rings. The molecule has 3 N–H and O–H groups in total. The topological polar surface area (TPSA) is 88.4 Å². The van der Waals surface area contributed by atoms with E-state index in [1.165, 1.54) is 30.7 Å². The van der Waals surface area contributed by atoms with Gasteiger partial charge in [-0.15, -0.1) is 0 Å². The number of hydrogen-bond donors (Lipinski definition) is 3. The van der Waals surface area contributed by atoms with Gasteiger partial charge in [0.05, 0.1) is 11.7 Å². The highest BCUT2D eigenvalue weighted by Gasteiger charge is 2.28. The minimum Gasteiger partial charge on any atom is -0.462 e. The molecule has 28 heavy (non-hydrogen) atoms. The minimum absolute atomic E-state index is 0.0591. The molecule has 10 heteroatoms. The van der Waals surface area contributed by atoms with Gasteiger partial charge in [0.2, 0.25) is 0 Å². The number of halogens is 3. The number of furan rings is 1. The molecule has 0 fully saturated rings. The van der Waals surface area contributed by atoms with Crippen LogP contribution in [-0.2, 0) is 0 Å². The number of fused-ring (bicyclic) bond motifs is 1. The van der Waals surface area contributed by atoms with Crippen molar-refractivity contribution in [3.8, 4) is 5.75 Å². The fourth-order valence-corrected chi connectivity index (χ4v) is 3.07. The zero-order valence-corrected chi connectivity index (χ0v) is 14.8. The number of benzene rings is 1. The van der Waals surface area contributed by atoms with Crippen LogP contribution in [0.25, 0.3) is 11.1 Å². The summed E-state index contributed by atoms with van der Waals surface area (Å²) in [5.41, 5.74) is 7.49. The lowest BCUT2D eigenvalue weighted by Gasteiger charge is -2.19. The van der Waals surface area contributed by atoms with Crippen LogP contribution in [0.3, 0.4) is 0 Å². The molecule has 1 unspecified atom stereocenters. The molecule has 3 heterocycles. The van der Waals surface area contributed by atoms with Crippen molar-refractivity contribution in [3.63, 3.8) is 0 Å². The third-order valence-electron chi connectivity index (χ3n) is 4.10. The van der Waals surface area contributed by atoms with Crippen LogP contribution in [0.1, 0.15) is 22.0 Å². The second-order valence-corrected chi connectivity index (χ2v) is 6.27. The molecule has 1 amide bonds. The summed E-state index contributed by atoms with van der Waals surface area (Å²) in [6.07, 6.45) is 4.36. The molecule has 2 aromatic heterocycles. The molecule has 1 aliphatic rings. The average molecular weight is 407 g/mol. The summed E-state index contributed by atoms with van der Waals surface area (Å²) in [5, 5.41) is 3.07. The van der Waals surface area contributed by atoms with Crippen LogP contribution >= 0.6 is 11.6 Å². The highest BCUT2D eigenvalue weighted by Crippen LogP contribution is 2.34. The Morgan fingerprint density at radius 3 is 3.04 bits per heavy atom. The molecule has 0 saturated carbocycles. The molecule has 144 valence electrons. The number of rotatable bonds is 5. The molecular formula is C18H13ClF2N4O3. The van der Waals surface area contributed by atoms with Crippen LogP contribution in [-0.4, -0.2) is 17.5 Å². The van der Waals surface area contributed by atoms with Crippen LogP contribution in [0, 0.1) is 0 Å². The summed E-state index contributed by atoms with van der Waals surface area (Å²) in [4.78, 5) is 16.8. The van der Waals surface area contributed by atoms with Crippen LogP contribution < -0.4 is 20.9 Å². The van der Waals surface area contributed by atoms with Crippen LogP contribution in [0.15, 0.2) is 59.1 Å². The molecule has 7 nitrogen and oxygen atoms in total. The monoisotopic (exact) mass is 406 g/mol. The molecule has 1 atom stereocenters. The SMILES string of the molecule is O=C(NC1=CNNC1c1cc(Cl)ccc1OC(F)F)c1coc2cccnc12. The van der Waals surface area contributed by atoms with Crippen LogP contribution in [0.4, 0.5) is 8.78 Å². The molecule has 1 aromatic carbocycles. The standard InChI is InChI=1S/C18H13ClF2N4O3/c19-9-3-4-13(28-18(20)21)10(6-9)15-12(7-23-25-15)24-17(26)11-8-27-14-2-1-5-22-16(11)14/h1-8,15,18,23,25H,(H,24,26). The number of nitrogens with zero attached hydrogens (tertiary/aromatic N) is 1. The smallest absolute Gasteiger partial charge is 0.387 e. The van der Waals surface area contributed by atoms with Gasteiger partial charge in [-0.2, -0.15) is 8.78 Å². The van der Waals surface area contributed by atoms with Gasteiger partial charge in [0.25, 0.3) is 5.91 Å². The summed E-state index contributed by atoms with van der Waals surface area (Å²) >= 11 is 6.01. The van der Waals surface area contributed by atoms with Gasteiger partial charge in [0, 0.05) is 23.0 Å². The number of nitrogens with one attached hydrogen (secondary N) is 3. The number of pyridine rings is 1. The van der Waals surface area contributed by atoms with E-state index in [9.17, 15) is 13.6 Å². The van der Waals surface area contributed by atoms with Crippen molar-refractivity contribution in [3.05, 3.63) is 70.8 Å². The molecule has 0 saturated heterocycles. The van der Waals surface area contributed by atoms with Gasteiger partial charge in [-0.25, -0.2) is 5.43 Å². The number of aromatic nitrogens is 1. The second kappa shape index (κ2) is 7.45. The van der Waals surface area contributed by atoms with Gasteiger partial charge in [0.15, 0.2) is 5.58 Å². The van der Waals surface area contributed by atoms with E-state index in [0.717, 1.165) is 0 Å².